The molecular weight excluding hydrogens is 226 g/mol. The minimum atomic E-state index is -0.153. The fourth-order valence-corrected chi connectivity index (χ4v) is 3.72. The van der Waals surface area contributed by atoms with Crippen LogP contribution in [0.5, 0.6) is 0 Å². The maximum Gasteiger partial charge on any atom is 0.0678 e. The van der Waals surface area contributed by atoms with Gasteiger partial charge in [0, 0.05) is 19.6 Å². The SMILES string of the molecule is C[C@@H]1CN(CC2CCCC(C)(C)C2O)C[C@H](C)O1. The molecule has 106 valence electrons. The van der Waals surface area contributed by atoms with E-state index in [0.29, 0.717) is 18.1 Å². The average Bonchev–Trinajstić information content (AvgIpc) is 2.23. The Morgan fingerprint density at radius 1 is 1.22 bits per heavy atom. The van der Waals surface area contributed by atoms with Crippen LogP contribution in [0, 0.1) is 11.3 Å². The van der Waals surface area contributed by atoms with Gasteiger partial charge in [-0.05, 0) is 38.0 Å². The maximum absolute atomic E-state index is 10.5. The minimum Gasteiger partial charge on any atom is -0.392 e. The second-order valence-corrected chi connectivity index (χ2v) is 7.06. The van der Waals surface area contributed by atoms with Crippen LogP contribution >= 0.6 is 0 Å². The molecule has 3 nitrogen and oxygen atoms in total. The van der Waals surface area contributed by atoms with Crippen molar-refractivity contribution in [2.45, 2.75) is 65.3 Å². The van der Waals surface area contributed by atoms with E-state index >= 15 is 0 Å². The molecule has 0 aromatic rings. The van der Waals surface area contributed by atoms with Crippen LogP contribution in [0.1, 0.15) is 47.0 Å². The molecule has 3 heteroatoms. The van der Waals surface area contributed by atoms with Crippen molar-refractivity contribution in [1.29, 1.82) is 0 Å². The van der Waals surface area contributed by atoms with E-state index in [9.17, 15) is 5.11 Å². The number of morpholine rings is 1. The molecule has 4 atom stereocenters. The molecule has 0 amide bonds. The Hall–Kier alpha value is -0.120. The van der Waals surface area contributed by atoms with Crippen LogP contribution in [0.25, 0.3) is 0 Å². The average molecular weight is 255 g/mol. The molecule has 0 aromatic heterocycles. The van der Waals surface area contributed by atoms with Gasteiger partial charge >= 0.3 is 0 Å². The molecule has 1 saturated heterocycles. The highest BCUT2D eigenvalue weighted by molar-refractivity contribution is 4.90. The van der Waals surface area contributed by atoms with Gasteiger partial charge in [0.25, 0.3) is 0 Å². The van der Waals surface area contributed by atoms with Gasteiger partial charge in [0.05, 0.1) is 18.3 Å². The van der Waals surface area contributed by atoms with Crippen molar-refractivity contribution in [2.75, 3.05) is 19.6 Å². The van der Waals surface area contributed by atoms with Crippen LogP contribution < -0.4 is 0 Å². The van der Waals surface area contributed by atoms with Gasteiger partial charge < -0.3 is 9.84 Å². The highest BCUT2D eigenvalue weighted by atomic mass is 16.5. The Morgan fingerprint density at radius 2 is 1.83 bits per heavy atom. The summed E-state index contributed by atoms with van der Waals surface area (Å²) in [6, 6.07) is 0. The summed E-state index contributed by atoms with van der Waals surface area (Å²) in [5.41, 5.74) is 0.0897. The van der Waals surface area contributed by atoms with Crippen LogP contribution in [0.4, 0.5) is 0 Å². The van der Waals surface area contributed by atoms with E-state index in [0.717, 1.165) is 26.1 Å². The van der Waals surface area contributed by atoms with Gasteiger partial charge in [-0.15, -0.1) is 0 Å². The Kier molecular flexibility index (Phi) is 4.35. The summed E-state index contributed by atoms with van der Waals surface area (Å²) in [5, 5.41) is 10.5. The van der Waals surface area contributed by atoms with Crippen molar-refractivity contribution >= 4 is 0 Å². The molecule has 0 bridgehead atoms. The molecule has 0 aromatic carbocycles. The number of hydrogen-bond acceptors (Lipinski definition) is 3. The summed E-state index contributed by atoms with van der Waals surface area (Å²) >= 11 is 0. The lowest BCUT2D eigenvalue weighted by molar-refractivity contribution is -0.0909. The third-order valence-electron chi connectivity index (χ3n) is 4.63. The predicted octanol–water partition coefficient (Wildman–Crippen LogP) is 2.28. The first-order valence-electron chi connectivity index (χ1n) is 7.44. The van der Waals surface area contributed by atoms with Gasteiger partial charge in [-0.1, -0.05) is 20.3 Å². The highest BCUT2D eigenvalue weighted by Gasteiger charge is 2.38. The van der Waals surface area contributed by atoms with E-state index in [1.165, 1.54) is 12.8 Å². The number of aliphatic hydroxyl groups excluding tert-OH is 1. The lowest BCUT2D eigenvalue weighted by Gasteiger charge is -2.44. The first kappa shape index (κ1) is 14.3. The van der Waals surface area contributed by atoms with Gasteiger partial charge in [0.15, 0.2) is 0 Å². The molecule has 1 N–H and O–H groups in total. The van der Waals surface area contributed by atoms with Gasteiger partial charge in [0.1, 0.15) is 0 Å². The van der Waals surface area contributed by atoms with E-state index in [-0.39, 0.29) is 11.5 Å². The van der Waals surface area contributed by atoms with Gasteiger partial charge in [-0.25, -0.2) is 0 Å². The van der Waals surface area contributed by atoms with Gasteiger partial charge in [-0.2, -0.15) is 0 Å². The Bertz CT molecular complexity index is 270. The maximum atomic E-state index is 10.5. The minimum absolute atomic E-state index is 0.0897. The van der Waals surface area contributed by atoms with Crippen molar-refractivity contribution in [3.05, 3.63) is 0 Å². The largest absolute Gasteiger partial charge is 0.392 e. The third kappa shape index (κ3) is 3.25. The molecule has 1 heterocycles. The van der Waals surface area contributed by atoms with Crippen molar-refractivity contribution < 1.29 is 9.84 Å². The van der Waals surface area contributed by atoms with E-state index in [1.54, 1.807) is 0 Å². The van der Waals surface area contributed by atoms with Crippen molar-refractivity contribution in [2.24, 2.45) is 11.3 Å². The van der Waals surface area contributed by atoms with Crippen LogP contribution in [0.2, 0.25) is 0 Å². The first-order valence-corrected chi connectivity index (χ1v) is 7.44. The number of hydrogen-bond donors (Lipinski definition) is 1. The Balaban J connectivity index is 1.92. The molecule has 2 fully saturated rings. The van der Waals surface area contributed by atoms with Crippen LogP contribution in [-0.4, -0.2) is 48.0 Å². The number of ether oxygens (including phenoxy) is 1. The molecule has 2 aliphatic rings. The highest BCUT2D eigenvalue weighted by Crippen LogP contribution is 2.39. The monoisotopic (exact) mass is 255 g/mol. The van der Waals surface area contributed by atoms with E-state index in [4.69, 9.17) is 4.74 Å². The van der Waals surface area contributed by atoms with Crippen molar-refractivity contribution in [3.8, 4) is 0 Å². The molecule has 1 aliphatic carbocycles. The lowest BCUT2D eigenvalue weighted by atomic mass is 9.69. The predicted molar refractivity (Wildman–Crippen MR) is 73.6 cm³/mol. The first-order chi connectivity index (χ1) is 8.38. The van der Waals surface area contributed by atoms with Gasteiger partial charge in [0.2, 0.25) is 0 Å². The number of nitrogens with zero attached hydrogens (tertiary/aromatic N) is 1. The van der Waals surface area contributed by atoms with Crippen LogP contribution in [0.15, 0.2) is 0 Å². The molecule has 1 aliphatic heterocycles. The quantitative estimate of drug-likeness (QED) is 0.821. The number of aliphatic hydroxyl groups is 1. The third-order valence-corrected chi connectivity index (χ3v) is 4.63. The van der Waals surface area contributed by atoms with E-state index in [2.05, 4.69) is 32.6 Å². The fourth-order valence-electron chi connectivity index (χ4n) is 3.72. The zero-order valence-electron chi connectivity index (χ0n) is 12.4. The number of rotatable bonds is 2. The summed E-state index contributed by atoms with van der Waals surface area (Å²) < 4.78 is 5.77. The zero-order valence-corrected chi connectivity index (χ0v) is 12.4. The lowest BCUT2D eigenvalue weighted by Crippen LogP contribution is -2.51. The van der Waals surface area contributed by atoms with Crippen molar-refractivity contribution in [1.82, 2.24) is 4.90 Å². The smallest absolute Gasteiger partial charge is 0.0678 e. The summed E-state index contributed by atoms with van der Waals surface area (Å²) in [7, 11) is 0. The molecule has 2 unspecified atom stereocenters. The molecule has 1 saturated carbocycles. The van der Waals surface area contributed by atoms with E-state index < -0.39 is 0 Å². The topological polar surface area (TPSA) is 32.7 Å². The van der Waals surface area contributed by atoms with Crippen LogP contribution in [-0.2, 0) is 4.74 Å². The summed E-state index contributed by atoms with van der Waals surface area (Å²) in [4.78, 5) is 2.48. The summed E-state index contributed by atoms with van der Waals surface area (Å²) in [6.45, 7) is 11.7. The fraction of sp³-hybridized carbons (Fsp3) is 1.00. The molecule has 2 rings (SSSR count). The normalized spacial score (nSPS) is 41.8. The molecule has 18 heavy (non-hydrogen) atoms. The van der Waals surface area contributed by atoms with Gasteiger partial charge in [-0.3, -0.25) is 4.90 Å². The summed E-state index contributed by atoms with van der Waals surface area (Å²) in [5.74, 6) is 0.436. The molecular formula is C15H29NO2. The van der Waals surface area contributed by atoms with Crippen LogP contribution in [0.3, 0.4) is 0 Å². The standard InChI is InChI=1S/C15H29NO2/c1-11-8-16(9-12(2)18-11)10-13-6-5-7-15(3,4)14(13)17/h11-14,17H,5-10H2,1-4H3/t11-,12+,13?,14?. The molecule has 0 radical (unpaired) electrons. The zero-order chi connectivity index (χ0) is 13.3. The second-order valence-electron chi connectivity index (χ2n) is 7.06. The molecule has 0 spiro atoms. The Labute approximate surface area is 112 Å². The summed E-state index contributed by atoms with van der Waals surface area (Å²) in [6.07, 6.45) is 4.07. The second kappa shape index (κ2) is 5.48. The Morgan fingerprint density at radius 3 is 2.44 bits per heavy atom. The van der Waals surface area contributed by atoms with E-state index in [1.807, 2.05) is 0 Å². The van der Waals surface area contributed by atoms with Crippen molar-refractivity contribution in [3.63, 3.8) is 0 Å².